The molecular weight excluding hydrogens is 1420 g/mol. The minimum absolute atomic E-state index is 0.0835. The van der Waals surface area contributed by atoms with E-state index in [1.807, 2.05) is 0 Å². The Hall–Kier alpha value is -9.60. The molecule has 15 atom stereocenters. The van der Waals surface area contributed by atoms with Crippen molar-refractivity contribution in [2.75, 3.05) is 78.6 Å². The van der Waals surface area contributed by atoms with Crippen LogP contribution in [0.15, 0.2) is 42.9 Å². The number of H-pyrrole nitrogens is 1. The summed E-state index contributed by atoms with van der Waals surface area (Å²) in [7, 11) is 0. The number of carboxylic acid groups (broad SMARTS) is 1. The van der Waals surface area contributed by atoms with Gasteiger partial charge in [0.1, 0.15) is 84.6 Å². The number of rotatable bonds is 24. The maximum absolute atomic E-state index is 15.0. The number of aromatic nitrogens is 2. The minimum Gasteiger partial charge on any atom is -0.480 e. The van der Waals surface area contributed by atoms with Crippen LogP contribution in [0.4, 0.5) is 0 Å². The molecular formula is C76H105N17O17. The molecule has 11 saturated heterocycles. The van der Waals surface area contributed by atoms with Gasteiger partial charge < -0.3 is 90.8 Å². The van der Waals surface area contributed by atoms with Gasteiger partial charge in [-0.2, -0.15) is 0 Å². The number of hydrogen-bond donors (Lipinski definition) is 8. The molecule has 13 rings (SSSR count). The summed E-state index contributed by atoms with van der Waals surface area (Å²) in [6, 6.07) is -6.32. The number of aliphatic carboxylic acids is 1. The fourth-order valence-electron chi connectivity index (χ4n) is 19.0. The van der Waals surface area contributed by atoms with E-state index in [0.29, 0.717) is 140 Å². The molecule has 1 aromatic carbocycles. The molecule has 0 unspecified atom stereocenters. The summed E-state index contributed by atoms with van der Waals surface area (Å²) in [6.07, 6.45) is 12.5. The number of carbonyl (C=O) groups excluding carboxylic acids is 14. The predicted octanol–water partition coefficient (Wildman–Crippen LogP) is -2.11. The summed E-state index contributed by atoms with van der Waals surface area (Å²) in [5.74, 6) is -8.11. The lowest BCUT2D eigenvalue weighted by Crippen LogP contribution is -2.60. The first-order valence-electron chi connectivity index (χ1n) is 40.0. The number of carbonyl (C=O) groups is 15. The Labute approximate surface area is 638 Å². The minimum atomic E-state index is -1.62. The van der Waals surface area contributed by atoms with Crippen LogP contribution in [0, 0.1) is 0 Å². The van der Waals surface area contributed by atoms with E-state index in [1.165, 1.54) is 46.8 Å². The Balaban J connectivity index is 0.602. The van der Waals surface area contributed by atoms with Crippen LogP contribution in [0.5, 0.6) is 0 Å². The van der Waals surface area contributed by atoms with Gasteiger partial charge in [-0.1, -0.05) is 30.3 Å². The lowest BCUT2D eigenvalue weighted by Gasteiger charge is -2.37. The Morgan fingerprint density at radius 1 is 0.400 bits per heavy atom. The number of amides is 14. The van der Waals surface area contributed by atoms with Gasteiger partial charge >= 0.3 is 5.97 Å². The van der Waals surface area contributed by atoms with Crippen molar-refractivity contribution in [2.45, 2.75) is 252 Å². The van der Waals surface area contributed by atoms with Crippen molar-refractivity contribution in [2.24, 2.45) is 0 Å². The summed E-state index contributed by atoms with van der Waals surface area (Å²) >= 11 is 0. The third kappa shape index (κ3) is 16.4. The van der Waals surface area contributed by atoms with Gasteiger partial charge in [-0.15, -0.1) is 0 Å². The van der Waals surface area contributed by atoms with E-state index in [0.717, 1.165) is 13.0 Å². The zero-order valence-corrected chi connectivity index (χ0v) is 62.6. The first kappa shape index (κ1) is 78.5. The summed E-state index contributed by atoms with van der Waals surface area (Å²) in [5, 5.41) is 33.8. The van der Waals surface area contributed by atoms with E-state index in [-0.39, 0.29) is 114 Å². The van der Waals surface area contributed by atoms with E-state index in [2.05, 4.69) is 36.6 Å². The highest BCUT2D eigenvalue weighted by atomic mass is 16.4. The Kier molecular flexibility index (Phi) is 24.8. The quantitative estimate of drug-likeness (QED) is 0.0558. The number of aliphatic hydroxyl groups excluding tert-OH is 1. The number of hydrogen-bond acceptors (Lipinski definition) is 18. The number of aliphatic hydroxyl groups is 1. The van der Waals surface area contributed by atoms with Crippen molar-refractivity contribution in [3.05, 3.63) is 54.1 Å². The van der Waals surface area contributed by atoms with Gasteiger partial charge in [0.05, 0.1) is 19.0 Å². The van der Waals surface area contributed by atoms with Crippen molar-refractivity contribution in [3.8, 4) is 0 Å². The SMILES string of the molecule is C[C@H](NC(=O)[C@@H]1CCCN1C(=O)[C@@H]1CCCN1)C(=O)N1CCC[C@H]1C(=O)N1CCC[C@H]1C(=O)N1CCC[C@H]1C(=O)N1CCC[C@H]1C(=O)N1CCC[C@H]1C(=O)N1CCC[C@H]1C(=O)N1CCC[C@H]1C(=O)N1CCC[C@H]1C(=O)N1CCC[C@H]1C(=O)N[C@@H](Cc1cnc[nH]1)C(=O)N[C@@H](CO)C(=O)N[C@@H](Cc1ccccc1)C(=O)O. The molecule has 1 aromatic heterocycles. The average molecular weight is 1530 g/mol. The Morgan fingerprint density at radius 3 is 1.09 bits per heavy atom. The van der Waals surface area contributed by atoms with Crippen LogP contribution in [0.1, 0.15) is 159 Å². The normalized spacial score (nSPS) is 27.9. The summed E-state index contributed by atoms with van der Waals surface area (Å²) < 4.78 is 0. The zero-order valence-electron chi connectivity index (χ0n) is 62.6. The van der Waals surface area contributed by atoms with E-state index in [9.17, 15) is 82.1 Å². The first-order valence-corrected chi connectivity index (χ1v) is 40.0. The summed E-state index contributed by atoms with van der Waals surface area (Å²) in [6.45, 7) is 3.98. The van der Waals surface area contributed by atoms with Crippen molar-refractivity contribution in [1.82, 2.24) is 85.6 Å². The summed E-state index contributed by atoms with van der Waals surface area (Å²) in [4.78, 5) is 236. The average Bonchev–Trinajstić information content (AvgIpc) is 1.60. The molecule has 34 nitrogen and oxygen atoms in total. The third-order valence-corrected chi connectivity index (χ3v) is 24.7. The second kappa shape index (κ2) is 34.8. The smallest absolute Gasteiger partial charge is 0.326 e. The lowest BCUT2D eigenvalue weighted by molar-refractivity contribution is -0.155. The summed E-state index contributed by atoms with van der Waals surface area (Å²) in [5.41, 5.74) is 1.04. The fraction of sp³-hybridized carbons (Fsp3) is 0.684. The molecule has 8 N–H and O–H groups in total. The van der Waals surface area contributed by atoms with Gasteiger partial charge in [-0.05, 0) is 160 Å². The molecule has 0 spiro atoms. The fourth-order valence-corrected chi connectivity index (χ4v) is 19.0. The second-order valence-corrected chi connectivity index (χ2v) is 31.5. The molecule has 11 aliphatic heterocycles. The highest BCUT2D eigenvalue weighted by Crippen LogP contribution is 2.36. The molecule has 11 aliphatic rings. The van der Waals surface area contributed by atoms with Gasteiger partial charge in [0, 0.05) is 90.2 Å². The number of imidazole rings is 1. The van der Waals surface area contributed by atoms with Crippen LogP contribution in [0.2, 0.25) is 0 Å². The van der Waals surface area contributed by atoms with E-state index >= 15 is 0 Å². The van der Waals surface area contributed by atoms with Gasteiger partial charge in [0.25, 0.3) is 0 Å². The van der Waals surface area contributed by atoms with Gasteiger partial charge in [0.15, 0.2) is 0 Å². The van der Waals surface area contributed by atoms with Crippen LogP contribution < -0.4 is 26.6 Å². The number of likely N-dealkylation sites (tertiary alicyclic amines) is 10. The third-order valence-electron chi connectivity index (χ3n) is 24.7. The molecule has 12 heterocycles. The van der Waals surface area contributed by atoms with E-state index in [4.69, 9.17) is 0 Å². The molecule has 0 aliphatic carbocycles. The molecule has 0 radical (unpaired) electrons. The number of nitrogens with zero attached hydrogens (tertiary/aromatic N) is 11. The van der Waals surface area contributed by atoms with Crippen molar-refractivity contribution >= 4 is 88.7 Å². The zero-order chi connectivity index (χ0) is 77.6. The predicted molar refractivity (Wildman–Crippen MR) is 389 cm³/mol. The Morgan fingerprint density at radius 2 is 0.736 bits per heavy atom. The van der Waals surface area contributed by atoms with Crippen LogP contribution in [0.3, 0.4) is 0 Å². The molecule has 34 heteroatoms. The van der Waals surface area contributed by atoms with E-state index in [1.54, 1.807) is 52.0 Å². The van der Waals surface area contributed by atoms with Crippen LogP contribution >= 0.6 is 0 Å². The number of aromatic amines is 1. The van der Waals surface area contributed by atoms with E-state index < -0.39 is 156 Å². The van der Waals surface area contributed by atoms with Gasteiger partial charge in [0.2, 0.25) is 82.7 Å². The van der Waals surface area contributed by atoms with Gasteiger partial charge in [-0.3, -0.25) is 67.1 Å². The van der Waals surface area contributed by atoms with Gasteiger partial charge in [-0.25, -0.2) is 9.78 Å². The lowest BCUT2D eigenvalue weighted by atomic mass is 10.1. The number of carboxylic acids is 1. The van der Waals surface area contributed by atoms with Crippen molar-refractivity contribution in [1.29, 1.82) is 0 Å². The second-order valence-electron chi connectivity index (χ2n) is 31.5. The van der Waals surface area contributed by atoms with Crippen molar-refractivity contribution in [3.63, 3.8) is 0 Å². The van der Waals surface area contributed by atoms with Crippen LogP contribution in [-0.2, 0) is 84.8 Å². The molecule has 0 bridgehead atoms. The van der Waals surface area contributed by atoms with Crippen LogP contribution in [-0.4, -0.2) is 327 Å². The molecule has 0 saturated carbocycles. The Bertz CT molecular complexity index is 3820. The molecule has 596 valence electrons. The molecule has 14 amide bonds. The monoisotopic (exact) mass is 1530 g/mol. The van der Waals surface area contributed by atoms with Crippen molar-refractivity contribution < 1.29 is 82.1 Å². The van der Waals surface area contributed by atoms with Crippen LogP contribution in [0.25, 0.3) is 0 Å². The molecule has 11 fully saturated rings. The number of nitrogens with one attached hydrogen (secondary N) is 6. The standard InChI is InChI=1S/C76H105N17O17/c1-45(80-64(97)52-19-6-30-84(52)67(100)48-18-5-29-78-48)66(99)86-32-8-21-54(86)69(102)88-34-10-23-56(88)71(104)90-36-12-25-58(90)73(106)92-38-14-27-60(92)75(108)93-39-15-28-61(93)74(107)91-37-13-26-59(91)72(105)89-35-11-24-57(89)70(103)87-33-9-22-55(87)68(101)85-31-7-20-53(85)65(98)81-49(41-47-42-77-44-79-47)62(95)83-51(43-94)63(96)82-50(76(109)110)40-46-16-3-2-4-17-46/h2-4,16-17,42,44-45,48-61,78,94H,5-15,18-41,43H2,1H3,(H,77,79)(H,80,97)(H,81,98)(H,82,96)(H,83,95)(H,109,110)/t45-,48-,49-,50-,51-,52-,53-,54-,55-,56-,57-,58-,59-,60-,61-/m0/s1. The first-order chi connectivity index (χ1) is 53.1. The highest BCUT2D eigenvalue weighted by molar-refractivity contribution is 6.02. The number of benzene rings is 1. The topological polar surface area (TPSA) is 418 Å². The maximum Gasteiger partial charge on any atom is 0.326 e. The molecule has 110 heavy (non-hydrogen) atoms. The molecule has 2 aromatic rings. The largest absolute Gasteiger partial charge is 0.480 e. The highest BCUT2D eigenvalue weighted by Gasteiger charge is 2.53. The maximum atomic E-state index is 15.0.